The van der Waals surface area contributed by atoms with Crippen LogP contribution >= 0.6 is 0 Å². The highest BCUT2D eigenvalue weighted by Crippen LogP contribution is 2.34. The van der Waals surface area contributed by atoms with Crippen molar-refractivity contribution in [3.8, 4) is 5.75 Å². The first-order valence-electron chi connectivity index (χ1n) is 5.26. The predicted octanol–water partition coefficient (Wildman–Crippen LogP) is 2.85. The summed E-state index contributed by atoms with van der Waals surface area (Å²) in [7, 11) is 0. The van der Waals surface area contributed by atoms with Crippen LogP contribution in [0.15, 0.2) is 42.5 Å². The number of hydrogen-bond donors (Lipinski definition) is 0. The van der Waals surface area contributed by atoms with E-state index in [4.69, 9.17) is 4.74 Å². The van der Waals surface area contributed by atoms with E-state index in [1.165, 1.54) is 6.08 Å². The molecule has 2 aromatic carbocycles. The average Bonchev–Trinajstić information content (AvgIpc) is 2.38. The largest absolute Gasteiger partial charge is 0.425 e. The number of benzene rings is 2. The van der Waals surface area contributed by atoms with Gasteiger partial charge >= 0.3 is 6.23 Å². The van der Waals surface area contributed by atoms with Crippen LogP contribution in [-0.2, 0) is 0 Å². The van der Waals surface area contributed by atoms with E-state index >= 15 is 0 Å². The Morgan fingerprint density at radius 2 is 2.00 bits per heavy atom. The van der Waals surface area contributed by atoms with Crippen molar-refractivity contribution >= 4 is 16.8 Å². The predicted molar refractivity (Wildman–Crippen MR) is 64.4 cm³/mol. The second-order valence-electron chi connectivity index (χ2n) is 3.86. The second-order valence-corrected chi connectivity index (χ2v) is 3.86. The van der Waals surface area contributed by atoms with Crippen molar-refractivity contribution in [3.05, 3.63) is 58.2 Å². The highest BCUT2D eigenvalue weighted by atomic mass is 16.7. The molecular weight excluding hydrogens is 218 g/mol. The Labute approximate surface area is 97.3 Å². The number of rotatable bonds is 1. The Morgan fingerprint density at radius 3 is 2.82 bits per heavy atom. The molecule has 0 spiro atoms. The number of fused-ring (bicyclic) bond motifs is 3. The molecule has 1 atom stereocenters. The van der Waals surface area contributed by atoms with Crippen LogP contribution in [-0.4, -0.2) is 11.2 Å². The van der Waals surface area contributed by atoms with Gasteiger partial charge < -0.3 is 4.74 Å². The Balaban J connectivity index is 2.21. The van der Waals surface area contributed by atoms with E-state index < -0.39 is 11.2 Å². The van der Waals surface area contributed by atoms with Gasteiger partial charge in [-0.3, -0.25) is 10.1 Å². The molecule has 0 aliphatic carbocycles. The van der Waals surface area contributed by atoms with Crippen LogP contribution in [0.25, 0.3) is 16.8 Å². The van der Waals surface area contributed by atoms with Crippen LogP contribution in [0.5, 0.6) is 5.75 Å². The van der Waals surface area contributed by atoms with Gasteiger partial charge in [0.25, 0.3) is 0 Å². The summed E-state index contributed by atoms with van der Waals surface area (Å²) in [5.74, 6) is 0.590. The molecule has 0 N–H and O–H groups in total. The van der Waals surface area contributed by atoms with E-state index in [0.717, 1.165) is 16.3 Å². The topological polar surface area (TPSA) is 52.4 Å². The zero-order chi connectivity index (χ0) is 11.8. The Bertz CT molecular complexity index is 634. The molecule has 0 fully saturated rings. The summed E-state index contributed by atoms with van der Waals surface area (Å²) in [6.45, 7) is 0. The average molecular weight is 227 g/mol. The van der Waals surface area contributed by atoms with Gasteiger partial charge in [0.2, 0.25) is 0 Å². The van der Waals surface area contributed by atoms with Gasteiger partial charge in [-0.25, -0.2) is 0 Å². The third kappa shape index (κ3) is 1.54. The highest BCUT2D eigenvalue weighted by molar-refractivity contribution is 5.92. The minimum atomic E-state index is -1.09. The summed E-state index contributed by atoms with van der Waals surface area (Å²) in [6, 6.07) is 11.6. The summed E-state index contributed by atoms with van der Waals surface area (Å²) < 4.78 is 5.42. The molecule has 0 bridgehead atoms. The number of nitro groups is 1. The van der Waals surface area contributed by atoms with Crippen molar-refractivity contribution in [2.75, 3.05) is 0 Å². The van der Waals surface area contributed by atoms with E-state index in [1.807, 2.05) is 36.4 Å². The van der Waals surface area contributed by atoms with Gasteiger partial charge in [0.05, 0.1) is 4.92 Å². The van der Waals surface area contributed by atoms with Crippen molar-refractivity contribution in [1.82, 2.24) is 0 Å². The van der Waals surface area contributed by atoms with Crippen molar-refractivity contribution in [1.29, 1.82) is 0 Å². The maximum atomic E-state index is 10.7. The molecule has 0 amide bonds. The molecule has 0 aromatic heterocycles. The molecule has 0 radical (unpaired) electrons. The molecule has 0 saturated carbocycles. The van der Waals surface area contributed by atoms with Gasteiger partial charge in [0.1, 0.15) is 5.75 Å². The van der Waals surface area contributed by atoms with Crippen molar-refractivity contribution < 1.29 is 9.66 Å². The first-order valence-corrected chi connectivity index (χ1v) is 5.26. The van der Waals surface area contributed by atoms with Crippen molar-refractivity contribution in [3.63, 3.8) is 0 Å². The first kappa shape index (κ1) is 9.84. The van der Waals surface area contributed by atoms with Crippen LogP contribution in [0.4, 0.5) is 0 Å². The van der Waals surface area contributed by atoms with Crippen LogP contribution < -0.4 is 4.74 Å². The summed E-state index contributed by atoms with van der Waals surface area (Å²) in [5, 5.41) is 12.7. The van der Waals surface area contributed by atoms with E-state index in [2.05, 4.69) is 0 Å². The molecule has 4 nitrogen and oxygen atoms in total. The fourth-order valence-corrected chi connectivity index (χ4v) is 1.98. The molecule has 2 aromatic rings. The lowest BCUT2D eigenvalue weighted by molar-refractivity contribution is -0.548. The zero-order valence-corrected chi connectivity index (χ0v) is 8.87. The molecular formula is C13H9NO3. The number of hydrogen-bond acceptors (Lipinski definition) is 3. The lowest BCUT2D eigenvalue weighted by Crippen LogP contribution is -2.25. The fraction of sp³-hybridized carbons (Fsp3) is 0.0769. The first-order chi connectivity index (χ1) is 8.25. The minimum absolute atomic E-state index is 0.443. The van der Waals surface area contributed by atoms with Crippen LogP contribution in [0.3, 0.4) is 0 Å². The summed E-state index contributed by atoms with van der Waals surface area (Å²) in [4.78, 5) is 10.3. The molecule has 4 heteroatoms. The SMILES string of the molecule is O=[N+]([O-])C1C=Cc2ccc3ccccc3c2O1. The van der Waals surface area contributed by atoms with Crippen molar-refractivity contribution in [2.24, 2.45) is 0 Å². The van der Waals surface area contributed by atoms with E-state index in [0.29, 0.717) is 5.75 Å². The Hall–Kier alpha value is -2.36. The smallest absolute Gasteiger partial charge is 0.374 e. The summed E-state index contributed by atoms with van der Waals surface area (Å²) in [5.41, 5.74) is 0.877. The third-order valence-electron chi connectivity index (χ3n) is 2.80. The molecule has 84 valence electrons. The maximum Gasteiger partial charge on any atom is 0.374 e. The van der Waals surface area contributed by atoms with Crippen LogP contribution in [0.1, 0.15) is 5.56 Å². The molecule has 1 heterocycles. The Morgan fingerprint density at radius 1 is 1.18 bits per heavy atom. The molecule has 1 aliphatic rings. The fourth-order valence-electron chi connectivity index (χ4n) is 1.98. The summed E-state index contributed by atoms with van der Waals surface area (Å²) in [6.07, 6.45) is 2.10. The third-order valence-corrected chi connectivity index (χ3v) is 2.80. The number of nitrogens with zero attached hydrogens (tertiary/aromatic N) is 1. The lowest BCUT2D eigenvalue weighted by atomic mass is 10.0. The van der Waals surface area contributed by atoms with E-state index in [9.17, 15) is 10.1 Å². The van der Waals surface area contributed by atoms with Gasteiger partial charge in [-0.1, -0.05) is 36.4 Å². The van der Waals surface area contributed by atoms with Gasteiger partial charge in [0.15, 0.2) is 0 Å². The standard InChI is InChI=1S/C13H9NO3/c15-14(16)12-8-7-10-6-5-9-3-1-2-4-11(9)13(10)17-12/h1-8,12H. The van der Waals surface area contributed by atoms with Gasteiger partial charge in [-0.05, 0) is 11.5 Å². The molecule has 0 saturated heterocycles. The second kappa shape index (κ2) is 3.59. The number of ether oxygens (including phenoxy) is 1. The van der Waals surface area contributed by atoms with E-state index in [-0.39, 0.29) is 0 Å². The monoisotopic (exact) mass is 227 g/mol. The van der Waals surface area contributed by atoms with Gasteiger partial charge in [0, 0.05) is 17.0 Å². The minimum Gasteiger partial charge on any atom is -0.425 e. The van der Waals surface area contributed by atoms with Gasteiger partial charge in [-0.2, -0.15) is 0 Å². The van der Waals surface area contributed by atoms with Crippen molar-refractivity contribution in [2.45, 2.75) is 6.23 Å². The normalized spacial score (nSPS) is 17.5. The van der Waals surface area contributed by atoms with Gasteiger partial charge in [-0.15, -0.1) is 0 Å². The molecule has 1 unspecified atom stereocenters. The molecule has 17 heavy (non-hydrogen) atoms. The molecule has 1 aliphatic heterocycles. The highest BCUT2D eigenvalue weighted by Gasteiger charge is 2.24. The summed E-state index contributed by atoms with van der Waals surface area (Å²) >= 11 is 0. The van der Waals surface area contributed by atoms with Crippen LogP contribution in [0.2, 0.25) is 0 Å². The maximum absolute atomic E-state index is 10.7. The zero-order valence-electron chi connectivity index (χ0n) is 8.87. The van der Waals surface area contributed by atoms with Crippen LogP contribution in [0, 0.1) is 10.1 Å². The molecule has 3 rings (SSSR count). The lowest BCUT2D eigenvalue weighted by Gasteiger charge is -2.17. The Kier molecular flexibility index (Phi) is 2.08. The quantitative estimate of drug-likeness (QED) is 0.556. The van der Waals surface area contributed by atoms with E-state index in [1.54, 1.807) is 6.08 Å².